The Morgan fingerprint density at radius 1 is 1.61 bits per heavy atom. The highest BCUT2D eigenvalue weighted by Gasteiger charge is 2.34. The third kappa shape index (κ3) is 3.31. The summed E-state index contributed by atoms with van der Waals surface area (Å²) in [4.78, 5) is 0. The van der Waals surface area contributed by atoms with E-state index in [1.54, 1.807) is 0 Å². The van der Waals surface area contributed by atoms with E-state index in [1.165, 1.54) is 0 Å². The molecular formula is C13H22N2O3. The molecule has 0 unspecified atom stereocenters. The molecule has 18 heavy (non-hydrogen) atoms. The van der Waals surface area contributed by atoms with Gasteiger partial charge in [-0.2, -0.15) is 5.10 Å². The third-order valence-corrected chi connectivity index (χ3v) is 3.17. The van der Waals surface area contributed by atoms with E-state index < -0.39 is 5.79 Å². The van der Waals surface area contributed by atoms with Crippen molar-refractivity contribution < 1.29 is 14.6 Å². The van der Waals surface area contributed by atoms with E-state index >= 15 is 0 Å². The molecular weight excluding hydrogens is 232 g/mol. The maximum atomic E-state index is 9.17. The van der Waals surface area contributed by atoms with Crippen LogP contribution in [0.25, 0.3) is 0 Å². The standard InChI is InChI=1S/C13H22N2O3/c1-10-7-14-15(8-10)11(4-5-16)6-12-9-17-13(2,3)18-12/h7-8,11-12,16H,4-6,9H2,1-3H3/t11-,12+/m1/s1. The molecule has 2 heterocycles. The fourth-order valence-corrected chi connectivity index (χ4v) is 2.32. The SMILES string of the molecule is Cc1cnn([C@H](CCO)C[C@H]2COC(C)(C)O2)c1. The molecule has 5 heteroatoms. The normalized spacial score (nSPS) is 24.3. The Bertz CT molecular complexity index is 389. The molecule has 0 aromatic carbocycles. The van der Waals surface area contributed by atoms with Gasteiger partial charge >= 0.3 is 0 Å². The van der Waals surface area contributed by atoms with Gasteiger partial charge in [0.2, 0.25) is 0 Å². The number of nitrogens with zero attached hydrogens (tertiary/aromatic N) is 2. The van der Waals surface area contributed by atoms with Crippen LogP contribution in [0.2, 0.25) is 0 Å². The van der Waals surface area contributed by atoms with Gasteiger partial charge in [-0.1, -0.05) is 0 Å². The first-order chi connectivity index (χ1) is 8.50. The number of aryl methyl sites for hydroxylation is 1. The summed E-state index contributed by atoms with van der Waals surface area (Å²) in [5.41, 5.74) is 1.13. The summed E-state index contributed by atoms with van der Waals surface area (Å²) in [7, 11) is 0. The number of aromatic nitrogens is 2. The van der Waals surface area contributed by atoms with Crippen LogP contribution < -0.4 is 0 Å². The van der Waals surface area contributed by atoms with Crippen molar-refractivity contribution in [1.82, 2.24) is 9.78 Å². The van der Waals surface area contributed by atoms with E-state index in [9.17, 15) is 0 Å². The molecule has 1 aliphatic heterocycles. The lowest BCUT2D eigenvalue weighted by atomic mass is 10.1. The van der Waals surface area contributed by atoms with E-state index in [0.29, 0.717) is 13.0 Å². The summed E-state index contributed by atoms with van der Waals surface area (Å²) in [5.74, 6) is -0.492. The fraction of sp³-hybridized carbons (Fsp3) is 0.769. The van der Waals surface area contributed by atoms with Crippen LogP contribution >= 0.6 is 0 Å². The highest BCUT2D eigenvalue weighted by Crippen LogP contribution is 2.28. The summed E-state index contributed by atoms with van der Waals surface area (Å²) in [6.07, 6.45) is 5.40. The van der Waals surface area contributed by atoms with Crippen molar-refractivity contribution in [3.63, 3.8) is 0 Å². The first-order valence-corrected chi connectivity index (χ1v) is 6.43. The summed E-state index contributed by atoms with van der Waals surface area (Å²) in [5, 5.41) is 13.5. The lowest BCUT2D eigenvalue weighted by molar-refractivity contribution is -0.140. The molecule has 0 bridgehead atoms. The lowest BCUT2D eigenvalue weighted by Crippen LogP contribution is -2.24. The van der Waals surface area contributed by atoms with Gasteiger partial charge in [0.05, 0.1) is 24.9 Å². The summed E-state index contributed by atoms with van der Waals surface area (Å²) in [6, 6.07) is 0.159. The van der Waals surface area contributed by atoms with Crippen molar-refractivity contribution in [3.8, 4) is 0 Å². The Hall–Kier alpha value is -0.910. The quantitative estimate of drug-likeness (QED) is 0.868. The zero-order valence-electron chi connectivity index (χ0n) is 11.3. The van der Waals surface area contributed by atoms with Gasteiger partial charge in [-0.3, -0.25) is 4.68 Å². The predicted octanol–water partition coefficient (Wildman–Crippen LogP) is 1.66. The highest BCUT2D eigenvalue weighted by atomic mass is 16.7. The molecule has 1 aromatic heterocycles. The molecule has 2 rings (SSSR count). The average molecular weight is 254 g/mol. The van der Waals surface area contributed by atoms with Crippen LogP contribution in [-0.4, -0.2) is 40.0 Å². The van der Waals surface area contributed by atoms with Crippen LogP contribution in [0.3, 0.4) is 0 Å². The van der Waals surface area contributed by atoms with Crippen LogP contribution in [0.4, 0.5) is 0 Å². The maximum absolute atomic E-state index is 9.17. The fourth-order valence-electron chi connectivity index (χ4n) is 2.32. The molecule has 0 saturated carbocycles. The Labute approximate surface area is 108 Å². The second-order valence-electron chi connectivity index (χ2n) is 5.35. The van der Waals surface area contributed by atoms with Crippen molar-refractivity contribution >= 4 is 0 Å². The van der Waals surface area contributed by atoms with Gasteiger partial charge in [-0.15, -0.1) is 0 Å². The zero-order valence-corrected chi connectivity index (χ0v) is 11.3. The largest absolute Gasteiger partial charge is 0.396 e. The lowest BCUT2D eigenvalue weighted by Gasteiger charge is -2.21. The molecule has 2 atom stereocenters. The molecule has 5 nitrogen and oxygen atoms in total. The summed E-state index contributed by atoms with van der Waals surface area (Å²) >= 11 is 0. The number of hydrogen-bond donors (Lipinski definition) is 1. The van der Waals surface area contributed by atoms with E-state index in [2.05, 4.69) is 5.10 Å². The van der Waals surface area contributed by atoms with Crippen molar-refractivity contribution in [3.05, 3.63) is 18.0 Å². The van der Waals surface area contributed by atoms with Gasteiger partial charge < -0.3 is 14.6 Å². The van der Waals surface area contributed by atoms with Crippen LogP contribution in [0.1, 0.15) is 38.3 Å². The van der Waals surface area contributed by atoms with Crippen molar-refractivity contribution in [2.75, 3.05) is 13.2 Å². The number of hydrogen-bond acceptors (Lipinski definition) is 4. The van der Waals surface area contributed by atoms with E-state index in [0.717, 1.165) is 12.0 Å². The van der Waals surface area contributed by atoms with Crippen LogP contribution in [0.15, 0.2) is 12.4 Å². The third-order valence-electron chi connectivity index (χ3n) is 3.17. The molecule has 1 saturated heterocycles. The number of ether oxygens (including phenoxy) is 2. The first-order valence-electron chi connectivity index (χ1n) is 6.43. The molecule has 0 amide bonds. The number of aliphatic hydroxyl groups excluding tert-OH is 1. The van der Waals surface area contributed by atoms with Crippen LogP contribution in [0.5, 0.6) is 0 Å². The van der Waals surface area contributed by atoms with E-state index in [1.807, 2.05) is 37.8 Å². The van der Waals surface area contributed by atoms with Crippen LogP contribution in [0, 0.1) is 6.92 Å². The Balaban J connectivity index is 1.99. The molecule has 1 N–H and O–H groups in total. The summed E-state index contributed by atoms with van der Waals surface area (Å²) < 4.78 is 13.3. The minimum absolute atomic E-state index is 0.0704. The van der Waals surface area contributed by atoms with Crippen LogP contribution in [-0.2, 0) is 9.47 Å². The molecule has 0 aliphatic carbocycles. The molecule has 1 aliphatic rings. The van der Waals surface area contributed by atoms with Gasteiger partial charge in [0.15, 0.2) is 5.79 Å². The van der Waals surface area contributed by atoms with E-state index in [-0.39, 0.29) is 18.8 Å². The average Bonchev–Trinajstić information content (AvgIpc) is 2.84. The Kier molecular flexibility index (Phi) is 4.04. The minimum atomic E-state index is -0.492. The van der Waals surface area contributed by atoms with E-state index in [4.69, 9.17) is 14.6 Å². The first kappa shape index (κ1) is 13.5. The van der Waals surface area contributed by atoms with Crippen molar-refractivity contribution in [2.24, 2.45) is 0 Å². The Morgan fingerprint density at radius 3 is 2.89 bits per heavy atom. The molecule has 102 valence electrons. The van der Waals surface area contributed by atoms with Gasteiger partial charge in [0.1, 0.15) is 0 Å². The van der Waals surface area contributed by atoms with Gasteiger partial charge in [-0.25, -0.2) is 0 Å². The summed E-state index contributed by atoms with van der Waals surface area (Å²) in [6.45, 7) is 6.62. The molecule has 1 aromatic rings. The molecule has 1 fully saturated rings. The van der Waals surface area contributed by atoms with Gasteiger partial charge in [0, 0.05) is 12.8 Å². The maximum Gasteiger partial charge on any atom is 0.163 e. The van der Waals surface area contributed by atoms with Gasteiger partial charge in [0.25, 0.3) is 0 Å². The topological polar surface area (TPSA) is 56.5 Å². The van der Waals surface area contributed by atoms with Crippen molar-refractivity contribution in [1.29, 1.82) is 0 Å². The molecule has 0 spiro atoms. The zero-order chi connectivity index (χ0) is 13.2. The second kappa shape index (κ2) is 5.38. The molecule has 0 radical (unpaired) electrons. The smallest absolute Gasteiger partial charge is 0.163 e. The second-order valence-corrected chi connectivity index (χ2v) is 5.35. The monoisotopic (exact) mass is 254 g/mol. The van der Waals surface area contributed by atoms with Crippen molar-refractivity contribution in [2.45, 2.75) is 51.5 Å². The predicted molar refractivity (Wildman–Crippen MR) is 67.2 cm³/mol. The highest BCUT2D eigenvalue weighted by molar-refractivity contribution is 5.00. The number of aliphatic hydroxyl groups is 1. The number of rotatable bonds is 5. The minimum Gasteiger partial charge on any atom is -0.396 e. The van der Waals surface area contributed by atoms with Gasteiger partial charge in [-0.05, 0) is 39.2 Å². The Morgan fingerprint density at radius 2 is 2.39 bits per heavy atom.